The number of hydrogen-bond acceptors (Lipinski definition) is 3. The van der Waals surface area contributed by atoms with Gasteiger partial charge in [-0.3, -0.25) is 9.80 Å². The fraction of sp³-hybridized carbons (Fsp3) is 0.133. The van der Waals surface area contributed by atoms with Gasteiger partial charge in [-0.25, -0.2) is 5.84 Å². The molecule has 1 amide bonds. The normalized spacial score (nSPS) is 9.81. The maximum Gasteiger partial charge on any atom is 0.267 e. The lowest BCUT2D eigenvalue weighted by Gasteiger charge is -2.10. The Labute approximate surface area is 122 Å². The van der Waals surface area contributed by atoms with E-state index in [4.69, 9.17) is 11.4 Å². The van der Waals surface area contributed by atoms with Gasteiger partial charge in [0, 0.05) is 17.5 Å². The highest BCUT2D eigenvalue weighted by molar-refractivity contribution is 5.94. The SMILES string of the molecule is CN(N)C(=O)c1ccc(-c2cccc(CN=[N+]=[N-])c2)cc1. The van der Waals surface area contributed by atoms with Crippen molar-refractivity contribution in [1.82, 2.24) is 5.01 Å². The van der Waals surface area contributed by atoms with Crippen LogP contribution in [-0.4, -0.2) is 18.0 Å². The van der Waals surface area contributed by atoms with Gasteiger partial charge in [0.1, 0.15) is 0 Å². The Balaban J connectivity index is 2.26. The number of nitrogens with zero attached hydrogens (tertiary/aromatic N) is 4. The maximum atomic E-state index is 11.7. The molecule has 2 aromatic carbocycles. The second-order valence-corrected chi connectivity index (χ2v) is 4.58. The molecule has 0 aromatic heterocycles. The second kappa shape index (κ2) is 6.56. The zero-order chi connectivity index (χ0) is 15.2. The highest BCUT2D eigenvalue weighted by Crippen LogP contribution is 2.21. The van der Waals surface area contributed by atoms with Crippen LogP contribution in [0.2, 0.25) is 0 Å². The van der Waals surface area contributed by atoms with Crippen LogP contribution in [0.4, 0.5) is 0 Å². The minimum Gasteiger partial charge on any atom is -0.280 e. The van der Waals surface area contributed by atoms with Crippen molar-refractivity contribution in [2.45, 2.75) is 6.54 Å². The molecular weight excluding hydrogens is 266 g/mol. The Bertz CT molecular complexity index is 687. The number of benzene rings is 2. The van der Waals surface area contributed by atoms with Gasteiger partial charge in [-0.15, -0.1) is 0 Å². The van der Waals surface area contributed by atoms with Crippen LogP contribution in [0, 0.1) is 0 Å². The van der Waals surface area contributed by atoms with E-state index in [0.717, 1.165) is 21.7 Å². The standard InChI is InChI=1S/C15H15N5O/c1-20(17)15(21)13-7-5-12(6-8-13)14-4-2-3-11(9-14)10-18-19-16/h2-9H,10,17H2,1H3. The van der Waals surface area contributed by atoms with Crippen LogP contribution in [0.5, 0.6) is 0 Å². The Morgan fingerprint density at radius 1 is 1.24 bits per heavy atom. The maximum absolute atomic E-state index is 11.7. The first-order valence-electron chi connectivity index (χ1n) is 6.35. The van der Waals surface area contributed by atoms with Gasteiger partial charge in [-0.05, 0) is 34.4 Å². The monoisotopic (exact) mass is 281 g/mol. The predicted molar refractivity (Wildman–Crippen MR) is 81.0 cm³/mol. The predicted octanol–water partition coefficient (Wildman–Crippen LogP) is 3.11. The lowest BCUT2D eigenvalue weighted by molar-refractivity contribution is 0.0795. The lowest BCUT2D eigenvalue weighted by atomic mass is 10.0. The third-order valence-corrected chi connectivity index (χ3v) is 3.03. The van der Waals surface area contributed by atoms with Gasteiger partial charge in [-0.2, -0.15) is 0 Å². The van der Waals surface area contributed by atoms with E-state index in [0.29, 0.717) is 12.1 Å². The van der Waals surface area contributed by atoms with Gasteiger partial charge in [0.15, 0.2) is 0 Å². The molecule has 0 aliphatic heterocycles. The smallest absolute Gasteiger partial charge is 0.267 e. The third-order valence-electron chi connectivity index (χ3n) is 3.03. The summed E-state index contributed by atoms with van der Waals surface area (Å²) in [6.45, 7) is 0.318. The quantitative estimate of drug-likeness (QED) is 0.233. The van der Waals surface area contributed by atoms with Gasteiger partial charge in [0.25, 0.3) is 5.91 Å². The highest BCUT2D eigenvalue weighted by Gasteiger charge is 2.08. The highest BCUT2D eigenvalue weighted by atomic mass is 16.2. The molecule has 21 heavy (non-hydrogen) atoms. The molecule has 0 saturated carbocycles. The van der Waals surface area contributed by atoms with Crippen molar-refractivity contribution in [2.24, 2.45) is 11.0 Å². The summed E-state index contributed by atoms with van der Waals surface area (Å²) in [4.78, 5) is 14.5. The minimum absolute atomic E-state index is 0.237. The van der Waals surface area contributed by atoms with E-state index in [2.05, 4.69) is 10.0 Å². The number of hydrogen-bond donors (Lipinski definition) is 1. The largest absolute Gasteiger partial charge is 0.280 e. The summed E-state index contributed by atoms with van der Waals surface area (Å²) in [6, 6.07) is 14.9. The zero-order valence-electron chi connectivity index (χ0n) is 11.6. The van der Waals surface area contributed by atoms with Crippen LogP contribution < -0.4 is 5.84 Å². The second-order valence-electron chi connectivity index (χ2n) is 4.58. The molecule has 0 heterocycles. The zero-order valence-corrected chi connectivity index (χ0v) is 11.6. The Hall–Kier alpha value is -2.82. The van der Waals surface area contributed by atoms with Gasteiger partial charge >= 0.3 is 0 Å². The van der Waals surface area contributed by atoms with E-state index in [1.165, 1.54) is 7.05 Å². The summed E-state index contributed by atoms with van der Waals surface area (Å²) >= 11 is 0. The molecular formula is C15H15N5O. The molecule has 0 radical (unpaired) electrons. The van der Waals surface area contributed by atoms with Crippen molar-refractivity contribution in [3.63, 3.8) is 0 Å². The van der Waals surface area contributed by atoms with E-state index in [9.17, 15) is 4.79 Å². The van der Waals surface area contributed by atoms with E-state index in [1.807, 2.05) is 36.4 Å². The number of carbonyl (C=O) groups is 1. The van der Waals surface area contributed by atoms with Crippen LogP contribution in [0.25, 0.3) is 21.6 Å². The third kappa shape index (κ3) is 3.60. The number of amides is 1. The average molecular weight is 281 g/mol. The number of nitrogens with two attached hydrogens (primary N) is 1. The first-order valence-corrected chi connectivity index (χ1v) is 6.35. The molecule has 2 N–H and O–H groups in total. The Morgan fingerprint density at radius 2 is 1.95 bits per heavy atom. The van der Waals surface area contributed by atoms with Gasteiger partial charge in [0.05, 0.1) is 6.54 Å². The van der Waals surface area contributed by atoms with Crippen molar-refractivity contribution < 1.29 is 4.79 Å². The molecule has 0 saturated heterocycles. The molecule has 6 heteroatoms. The van der Waals surface area contributed by atoms with Crippen LogP contribution >= 0.6 is 0 Å². The van der Waals surface area contributed by atoms with Crippen LogP contribution in [0.15, 0.2) is 53.6 Å². The van der Waals surface area contributed by atoms with Crippen LogP contribution in [0.3, 0.4) is 0 Å². The fourth-order valence-electron chi connectivity index (χ4n) is 1.97. The Kier molecular flexibility index (Phi) is 4.56. The van der Waals surface area contributed by atoms with E-state index < -0.39 is 0 Å². The Morgan fingerprint density at radius 3 is 2.57 bits per heavy atom. The van der Waals surface area contributed by atoms with Crippen molar-refractivity contribution in [3.05, 3.63) is 70.1 Å². The lowest BCUT2D eigenvalue weighted by Crippen LogP contribution is -2.32. The number of azide groups is 1. The van der Waals surface area contributed by atoms with E-state index in [-0.39, 0.29) is 5.91 Å². The molecule has 0 aliphatic carbocycles. The molecule has 0 aliphatic rings. The van der Waals surface area contributed by atoms with Crippen molar-refractivity contribution in [1.29, 1.82) is 0 Å². The van der Waals surface area contributed by atoms with E-state index >= 15 is 0 Å². The molecule has 0 fully saturated rings. The van der Waals surface area contributed by atoms with Gasteiger partial charge in [-0.1, -0.05) is 41.5 Å². The molecule has 0 unspecified atom stereocenters. The van der Waals surface area contributed by atoms with Gasteiger partial charge < -0.3 is 0 Å². The van der Waals surface area contributed by atoms with Crippen molar-refractivity contribution >= 4 is 5.91 Å². The van der Waals surface area contributed by atoms with Crippen LogP contribution in [0.1, 0.15) is 15.9 Å². The molecule has 2 rings (SSSR count). The first kappa shape index (κ1) is 14.6. The summed E-state index contributed by atoms with van der Waals surface area (Å²) in [5, 5.41) is 4.60. The summed E-state index contributed by atoms with van der Waals surface area (Å²) in [5.41, 5.74) is 11.8. The summed E-state index contributed by atoms with van der Waals surface area (Å²) in [6.07, 6.45) is 0. The molecule has 0 atom stereocenters. The van der Waals surface area contributed by atoms with Crippen molar-refractivity contribution in [2.75, 3.05) is 7.05 Å². The van der Waals surface area contributed by atoms with E-state index in [1.54, 1.807) is 12.1 Å². The first-order chi connectivity index (χ1) is 10.1. The number of carbonyl (C=O) groups excluding carboxylic acids is 1. The summed E-state index contributed by atoms with van der Waals surface area (Å²) in [7, 11) is 1.51. The average Bonchev–Trinajstić information content (AvgIpc) is 2.52. The minimum atomic E-state index is -0.237. The molecule has 106 valence electrons. The topological polar surface area (TPSA) is 95.1 Å². The summed E-state index contributed by atoms with van der Waals surface area (Å²) in [5.74, 6) is 5.19. The molecule has 0 spiro atoms. The number of rotatable bonds is 4. The molecule has 6 nitrogen and oxygen atoms in total. The summed E-state index contributed by atoms with van der Waals surface area (Å²) < 4.78 is 0. The molecule has 0 bridgehead atoms. The van der Waals surface area contributed by atoms with Gasteiger partial charge in [0.2, 0.25) is 0 Å². The number of hydrazine groups is 1. The van der Waals surface area contributed by atoms with Crippen LogP contribution in [-0.2, 0) is 6.54 Å². The molecule has 2 aromatic rings. The van der Waals surface area contributed by atoms with Crippen molar-refractivity contribution in [3.8, 4) is 11.1 Å². The fourth-order valence-corrected chi connectivity index (χ4v) is 1.97.